The van der Waals surface area contributed by atoms with E-state index in [2.05, 4.69) is 11.9 Å². The van der Waals surface area contributed by atoms with Crippen LogP contribution in [0.15, 0.2) is 30.9 Å². The third-order valence-electron chi connectivity index (χ3n) is 2.68. The average Bonchev–Trinajstić information content (AvgIpc) is 2.42. The van der Waals surface area contributed by atoms with E-state index >= 15 is 0 Å². The lowest BCUT2D eigenvalue weighted by molar-refractivity contribution is -0.139. The van der Waals surface area contributed by atoms with Crippen molar-refractivity contribution >= 4 is 34.5 Å². The number of carboxylic acid groups (broad SMARTS) is 1. The van der Waals surface area contributed by atoms with Gasteiger partial charge in [-0.1, -0.05) is 6.08 Å². The standard InChI is InChI=1S/C14H16INO4/c1-3-4-5-12(14(18)19)16-13(17)10-7-6-9(20-2)8-11(10)15/h3,6-8,12H,1,4-5H2,2H3,(H,16,17)(H,18,19). The van der Waals surface area contributed by atoms with E-state index in [1.165, 1.54) is 0 Å². The predicted molar refractivity (Wildman–Crippen MR) is 84.0 cm³/mol. The number of amides is 1. The first kappa shape index (κ1) is 16.5. The lowest BCUT2D eigenvalue weighted by Gasteiger charge is -2.14. The largest absolute Gasteiger partial charge is 0.497 e. The topological polar surface area (TPSA) is 75.6 Å². The minimum atomic E-state index is -1.05. The van der Waals surface area contributed by atoms with Crippen LogP contribution >= 0.6 is 22.6 Å². The molecule has 1 aromatic rings. The monoisotopic (exact) mass is 389 g/mol. The summed E-state index contributed by atoms with van der Waals surface area (Å²) in [6.45, 7) is 3.54. The minimum Gasteiger partial charge on any atom is -0.497 e. The fourth-order valence-corrected chi connectivity index (χ4v) is 2.32. The Morgan fingerprint density at radius 1 is 1.55 bits per heavy atom. The Kier molecular flexibility index (Phi) is 6.50. The number of hydrogen-bond acceptors (Lipinski definition) is 3. The molecule has 108 valence electrons. The fourth-order valence-electron chi connectivity index (χ4n) is 1.58. The van der Waals surface area contributed by atoms with E-state index in [0.29, 0.717) is 27.7 Å². The second-order valence-electron chi connectivity index (χ2n) is 4.08. The van der Waals surface area contributed by atoms with Gasteiger partial charge in [-0.2, -0.15) is 0 Å². The molecule has 1 atom stereocenters. The molecule has 6 heteroatoms. The molecule has 0 aliphatic heterocycles. The lowest BCUT2D eigenvalue weighted by Crippen LogP contribution is -2.40. The summed E-state index contributed by atoms with van der Waals surface area (Å²) in [4.78, 5) is 23.2. The number of methoxy groups -OCH3 is 1. The molecule has 0 fully saturated rings. The predicted octanol–water partition coefficient (Wildman–Crippen LogP) is 2.45. The molecule has 1 amide bonds. The number of halogens is 1. The van der Waals surface area contributed by atoms with Gasteiger partial charge in [0.1, 0.15) is 11.8 Å². The normalized spacial score (nSPS) is 11.5. The second kappa shape index (κ2) is 7.88. The van der Waals surface area contributed by atoms with Crippen molar-refractivity contribution in [3.8, 4) is 5.75 Å². The number of allylic oxidation sites excluding steroid dienone is 1. The van der Waals surface area contributed by atoms with Crippen molar-refractivity contribution in [2.45, 2.75) is 18.9 Å². The zero-order valence-corrected chi connectivity index (χ0v) is 13.2. The zero-order valence-electron chi connectivity index (χ0n) is 11.1. The van der Waals surface area contributed by atoms with E-state index in [1.54, 1.807) is 31.4 Å². The number of aliphatic carboxylic acids is 1. The van der Waals surface area contributed by atoms with Crippen LogP contribution in [0.5, 0.6) is 5.75 Å². The summed E-state index contributed by atoms with van der Waals surface area (Å²) >= 11 is 2.01. The molecular weight excluding hydrogens is 373 g/mol. The van der Waals surface area contributed by atoms with Crippen LogP contribution in [0.2, 0.25) is 0 Å². The smallest absolute Gasteiger partial charge is 0.326 e. The first-order valence-electron chi connectivity index (χ1n) is 5.97. The average molecular weight is 389 g/mol. The van der Waals surface area contributed by atoms with Crippen molar-refractivity contribution in [2.24, 2.45) is 0 Å². The molecule has 0 aromatic heterocycles. The van der Waals surface area contributed by atoms with E-state index < -0.39 is 17.9 Å². The van der Waals surface area contributed by atoms with Crippen molar-refractivity contribution in [3.63, 3.8) is 0 Å². The van der Waals surface area contributed by atoms with Crippen LogP contribution in [-0.4, -0.2) is 30.1 Å². The number of ether oxygens (including phenoxy) is 1. The number of carbonyl (C=O) groups is 2. The van der Waals surface area contributed by atoms with Gasteiger partial charge >= 0.3 is 5.97 Å². The van der Waals surface area contributed by atoms with Gasteiger partial charge in [0.05, 0.1) is 12.7 Å². The Balaban J connectivity index is 2.83. The van der Waals surface area contributed by atoms with E-state index in [1.807, 2.05) is 22.6 Å². The van der Waals surface area contributed by atoms with E-state index in [0.717, 1.165) is 0 Å². The van der Waals surface area contributed by atoms with Crippen LogP contribution in [-0.2, 0) is 4.79 Å². The fraction of sp³-hybridized carbons (Fsp3) is 0.286. The molecule has 0 radical (unpaired) electrons. The van der Waals surface area contributed by atoms with Crippen molar-refractivity contribution < 1.29 is 19.4 Å². The van der Waals surface area contributed by atoms with Gasteiger partial charge in [-0.3, -0.25) is 4.79 Å². The van der Waals surface area contributed by atoms with Crippen LogP contribution in [0.4, 0.5) is 0 Å². The molecule has 0 saturated carbocycles. The highest BCUT2D eigenvalue weighted by Gasteiger charge is 2.21. The van der Waals surface area contributed by atoms with E-state index in [-0.39, 0.29) is 0 Å². The molecule has 0 saturated heterocycles. The van der Waals surface area contributed by atoms with Gasteiger partial charge in [-0.05, 0) is 53.6 Å². The maximum Gasteiger partial charge on any atom is 0.326 e. The highest BCUT2D eigenvalue weighted by molar-refractivity contribution is 14.1. The van der Waals surface area contributed by atoms with Crippen LogP contribution in [0.25, 0.3) is 0 Å². The van der Waals surface area contributed by atoms with Crippen LogP contribution < -0.4 is 10.1 Å². The number of nitrogens with one attached hydrogen (secondary N) is 1. The number of carboxylic acids is 1. The Bertz CT molecular complexity index is 516. The van der Waals surface area contributed by atoms with Crippen LogP contribution in [0.3, 0.4) is 0 Å². The molecule has 2 N–H and O–H groups in total. The van der Waals surface area contributed by atoms with Crippen molar-refractivity contribution in [3.05, 3.63) is 40.0 Å². The van der Waals surface area contributed by atoms with Gasteiger partial charge in [-0.25, -0.2) is 4.79 Å². The quantitative estimate of drug-likeness (QED) is 0.555. The van der Waals surface area contributed by atoms with E-state index in [9.17, 15) is 9.59 Å². The summed E-state index contributed by atoms with van der Waals surface area (Å²) in [5.74, 6) is -0.815. The number of benzene rings is 1. The summed E-state index contributed by atoms with van der Waals surface area (Å²) in [5, 5.41) is 11.6. The second-order valence-corrected chi connectivity index (χ2v) is 5.24. The lowest BCUT2D eigenvalue weighted by atomic mass is 10.1. The van der Waals surface area contributed by atoms with Crippen LogP contribution in [0.1, 0.15) is 23.2 Å². The molecule has 0 spiro atoms. The Labute approximate surface area is 131 Å². The molecule has 0 bridgehead atoms. The van der Waals surface area contributed by atoms with E-state index in [4.69, 9.17) is 9.84 Å². The molecule has 0 aliphatic carbocycles. The molecule has 0 heterocycles. The molecule has 1 rings (SSSR count). The van der Waals surface area contributed by atoms with Gasteiger partial charge in [0.15, 0.2) is 0 Å². The summed E-state index contributed by atoms with van der Waals surface area (Å²) < 4.78 is 5.76. The maximum atomic E-state index is 12.1. The molecule has 1 unspecified atom stereocenters. The van der Waals surface area contributed by atoms with Gasteiger partial charge in [0.25, 0.3) is 5.91 Å². The number of rotatable bonds is 7. The van der Waals surface area contributed by atoms with Crippen LogP contribution in [0, 0.1) is 3.57 Å². The van der Waals surface area contributed by atoms with Gasteiger partial charge in [-0.15, -0.1) is 6.58 Å². The molecule has 1 aromatic carbocycles. The van der Waals surface area contributed by atoms with Gasteiger partial charge < -0.3 is 15.2 Å². The van der Waals surface area contributed by atoms with Gasteiger partial charge in [0.2, 0.25) is 0 Å². The summed E-state index contributed by atoms with van der Waals surface area (Å²) in [6, 6.07) is 4.08. The first-order chi connectivity index (χ1) is 9.49. The molecule has 0 aliphatic rings. The van der Waals surface area contributed by atoms with Gasteiger partial charge in [0, 0.05) is 3.57 Å². The third-order valence-corrected chi connectivity index (χ3v) is 3.58. The van der Waals surface area contributed by atoms with Crippen molar-refractivity contribution in [1.29, 1.82) is 0 Å². The Morgan fingerprint density at radius 3 is 2.75 bits per heavy atom. The van der Waals surface area contributed by atoms with Crippen molar-refractivity contribution in [2.75, 3.05) is 7.11 Å². The minimum absolute atomic E-state index is 0.317. The Morgan fingerprint density at radius 2 is 2.25 bits per heavy atom. The molecule has 20 heavy (non-hydrogen) atoms. The number of carbonyl (C=O) groups excluding carboxylic acids is 1. The maximum absolute atomic E-state index is 12.1. The highest BCUT2D eigenvalue weighted by Crippen LogP contribution is 2.19. The first-order valence-corrected chi connectivity index (χ1v) is 7.05. The zero-order chi connectivity index (χ0) is 15.1. The number of hydrogen-bond donors (Lipinski definition) is 2. The third kappa shape index (κ3) is 4.52. The van der Waals surface area contributed by atoms with Crippen molar-refractivity contribution in [1.82, 2.24) is 5.32 Å². The molecular formula is C14H16INO4. The summed E-state index contributed by atoms with van der Waals surface area (Å²) in [5.41, 5.74) is 0.427. The molecule has 5 nitrogen and oxygen atoms in total. The summed E-state index contributed by atoms with van der Waals surface area (Å²) in [7, 11) is 1.54. The Hall–Kier alpha value is -1.57. The highest BCUT2D eigenvalue weighted by atomic mass is 127. The summed E-state index contributed by atoms with van der Waals surface area (Å²) in [6.07, 6.45) is 2.47. The SMILES string of the molecule is C=CCCC(NC(=O)c1ccc(OC)cc1I)C(=O)O.